The highest BCUT2D eigenvalue weighted by Gasteiger charge is 2.14. The number of hydrogen-bond acceptors (Lipinski definition) is 6. The zero-order valence-corrected chi connectivity index (χ0v) is 11.3. The Hall–Kier alpha value is -1.92. The van der Waals surface area contributed by atoms with Crippen LogP contribution in [0, 0.1) is 0 Å². The molecule has 1 atom stereocenters. The summed E-state index contributed by atoms with van der Waals surface area (Å²) in [4.78, 5) is 8.67. The molecule has 0 aliphatic carbocycles. The fraction of sp³-hybridized carbons (Fsp3) is 0.231. The highest BCUT2D eigenvalue weighted by Crippen LogP contribution is 2.30. The Morgan fingerprint density at radius 3 is 2.89 bits per heavy atom. The molecule has 0 radical (unpaired) electrons. The maximum absolute atomic E-state index is 5.98. The molecule has 0 aliphatic rings. The maximum Gasteiger partial charge on any atom is 0.150 e. The zero-order valence-electron chi connectivity index (χ0n) is 10.4. The number of nitrogens with zero attached hydrogens (tertiary/aromatic N) is 4. The Labute approximate surface area is 114 Å². The van der Waals surface area contributed by atoms with Gasteiger partial charge in [-0.1, -0.05) is 24.3 Å². The molecular weight excluding hydrogens is 258 g/mol. The van der Waals surface area contributed by atoms with Crippen molar-refractivity contribution in [1.29, 1.82) is 0 Å². The molecule has 0 spiro atoms. The van der Waals surface area contributed by atoms with Gasteiger partial charge >= 0.3 is 0 Å². The van der Waals surface area contributed by atoms with Crippen molar-refractivity contribution >= 4 is 22.4 Å². The highest BCUT2D eigenvalue weighted by molar-refractivity contribution is 7.14. The molecule has 2 aromatic heterocycles. The molecule has 0 saturated carbocycles. The minimum Gasteiger partial charge on any atom is -0.322 e. The Morgan fingerprint density at radius 1 is 1.21 bits per heavy atom. The third-order valence-corrected chi connectivity index (χ3v) is 4.02. The minimum absolute atomic E-state index is 0.0488. The summed E-state index contributed by atoms with van der Waals surface area (Å²) in [6.45, 7) is 2.04. The van der Waals surface area contributed by atoms with Crippen molar-refractivity contribution in [1.82, 2.24) is 20.2 Å². The van der Waals surface area contributed by atoms with Crippen LogP contribution < -0.4 is 5.73 Å². The maximum atomic E-state index is 5.98. The van der Waals surface area contributed by atoms with Crippen LogP contribution in [0.2, 0.25) is 0 Å². The van der Waals surface area contributed by atoms with Crippen molar-refractivity contribution in [3.05, 3.63) is 35.6 Å². The summed E-state index contributed by atoms with van der Waals surface area (Å²) < 4.78 is 0. The van der Waals surface area contributed by atoms with Crippen LogP contribution in [0.5, 0.6) is 0 Å². The lowest BCUT2D eigenvalue weighted by molar-refractivity contribution is 0.683. The average Bonchev–Trinajstić information content (AvgIpc) is 2.95. The lowest BCUT2D eigenvalue weighted by atomic mass is 10.2. The average molecular weight is 271 g/mol. The Bertz CT molecular complexity index is 704. The number of aromatic nitrogens is 4. The first kappa shape index (κ1) is 12.1. The number of fused-ring (bicyclic) bond motifs is 1. The van der Waals surface area contributed by atoms with Crippen LogP contribution in [0.25, 0.3) is 21.6 Å². The van der Waals surface area contributed by atoms with Crippen LogP contribution in [0.3, 0.4) is 0 Å². The SMILES string of the molecule is CCC(N)c1nnc(-c2cccc3nccnc23)s1. The smallest absolute Gasteiger partial charge is 0.150 e. The summed E-state index contributed by atoms with van der Waals surface area (Å²) >= 11 is 1.52. The second-order valence-corrected chi connectivity index (χ2v) is 5.20. The lowest BCUT2D eigenvalue weighted by Crippen LogP contribution is -2.07. The van der Waals surface area contributed by atoms with E-state index in [-0.39, 0.29) is 6.04 Å². The highest BCUT2D eigenvalue weighted by atomic mass is 32.1. The van der Waals surface area contributed by atoms with Gasteiger partial charge < -0.3 is 5.73 Å². The van der Waals surface area contributed by atoms with Gasteiger partial charge in [-0.3, -0.25) is 9.97 Å². The second-order valence-electron chi connectivity index (χ2n) is 4.19. The molecule has 3 aromatic rings. The molecule has 0 saturated heterocycles. The molecule has 2 N–H and O–H groups in total. The van der Waals surface area contributed by atoms with E-state index in [0.29, 0.717) is 0 Å². The fourth-order valence-electron chi connectivity index (χ4n) is 1.83. The number of benzene rings is 1. The third-order valence-electron chi connectivity index (χ3n) is 2.93. The topological polar surface area (TPSA) is 77.6 Å². The molecule has 0 amide bonds. The van der Waals surface area contributed by atoms with Gasteiger partial charge in [-0.25, -0.2) is 0 Å². The van der Waals surface area contributed by atoms with E-state index in [4.69, 9.17) is 5.73 Å². The molecule has 1 aromatic carbocycles. The Kier molecular flexibility index (Phi) is 3.18. The normalized spacial score (nSPS) is 12.7. The molecule has 0 aliphatic heterocycles. The van der Waals surface area contributed by atoms with Crippen molar-refractivity contribution < 1.29 is 0 Å². The van der Waals surface area contributed by atoms with Gasteiger partial charge in [-0.05, 0) is 18.6 Å². The zero-order chi connectivity index (χ0) is 13.2. The largest absolute Gasteiger partial charge is 0.322 e. The molecule has 6 heteroatoms. The van der Waals surface area contributed by atoms with Gasteiger partial charge in [0, 0.05) is 18.0 Å². The van der Waals surface area contributed by atoms with Crippen molar-refractivity contribution in [2.75, 3.05) is 0 Å². The van der Waals surface area contributed by atoms with Crippen LogP contribution in [0.1, 0.15) is 24.4 Å². The van der Waals surface area contributed by atoms with Crippen LogP contribution >= 0.6 is 11.3 Å². The molecular formula is C13H13N5S. The van der Waals surface area contributed by atoms with Crippen molar-refractivity contribution in [2.24, 2.45) is 5.73 Å². The molecule has 5 nitrogen and oxygen atoms in total. The van der Waals surface area contributed by atoms with E-state index in [1.54, 1.807) is 12.4 Å². The van der Waals surface area contributed by atoms with Gasteiger partial charge in [0.15, 0.2) is 0 Å². The van der Waals surface area contributed by atoms with Crippen LogP contribution in [-0.2, 0) is 0 Å². The molecule has 2 heterocycles. The van der Waals surface area contributed by atoms with E-state index in [2.05, 4.69) is 20.2 Å². The van der Waals surface area contributed by atoms with Gasteiger partial charge in [0.1, 0.15) is 10.0 Å². The van der Waals surface area contributed by atoms with Gasteiger partial charge in [0.05, 0.1) is 17.1 Å². The first-order chi connectivity index (χ1) is 9.29. The van der Waals surface area contributed by atoms with Gasteiger partial charge in [0.2, 0.25) is 0 Å². The first-order valence-corrected chi connectivity index (χ1v) is 6.90. The molecule has 0 fully saturated rings. The summed E-state index contributed by atoms with van der Waals surface area (Å²) in [5.41, 5.74) is 8.64. The number of hydrogen-bond donors (Lipinski definition) is 1. The Morgan fingerprint density at radius 2 is 2.05 bits per heavy atom. The van der Waals surface area contributed by atoms with Gasteiger partial charge in [-0.2, -0.15) is 0 Å². The van der Waals surface area contributed by atoms with E-state index in [1.807, 2.05) is 25.1 Å². The summed E-state index contributed by atoms with van der Waals surface area (Å²) in [6, 6.07) is 5.82. The van der Waals surface area contributed by atoms with Crippen LogP contribution in [0.15, 0.2) is 30.6 Å². The monoisotopic (exact) mass is 271 g/mol. The lowest BCUT2D eigenvalue weighted by Gasteiger charge is -2.02. The quantitative estimate of drug-likeness (QED) is 0.792. The molecule has 0 bridgehead atoms. The van der Waals surface area contributed by atoms with E-state index in [0.717, 1.165) is 33.0 Å². The van der Waals surface area contributed by atoms with E-state index in [9.17, 15) is 0 Å². The second kappa shape index (κ2) is 4.99. The third kappa shape index (κ3) is 2.20. The summed E-state index contributed by atoms with van der Waals surface area (Å²) in [5, 5.41) is 10.1. The number of rotatable bonds is 3. The predicted octanol–water partition coefficient (Wildman–Crippen LogP) is 2.56. The molecule has 96 valence electrons. The van der Waals surface area contributed by atoms with Crippen LogP contribution in [0.4, 0.5) is 0 Å². The van der Waals surface area contributed by atoms with Crippen molar-refractivity contribution in [3.63, 3.8) is 0 Å². The standard InChI is InChI=1S/C13H13N5S/c1-2-9(14)13-18-17-12(19-13)8-4-3-5-10-11(8)16-7-6-15-10/h3-7,9H,2,14H2,1H3. The minimum atomic E-state index is -0.0488. The van der Waals surface area contributed by atoms with E-state index >= 15 is 0 Å². The molecule has 19 heavy (non-hydrogen) atoms. The molecule has 1 unspecified atom stereocenters. The summed E-state index contributed by atoms with van der Waals surface area (Å²) in [7, 11) is 0. The van der Waals surface area contributed by atoms with Crippen LogP contribution in [-0.4, -0.2) is 20.2 Å². The van der Waals surface area contributed by atoms with Crippen molar-refractivity contribution in [3.8, 4) is 10.6 Å². The number of nitrogens with two attached hydrogens (primary N) is 1. The van der Waals surface area contributed by atoms with Gasteiger partial charge in [-0.15, -0.1) is 10.2 Å². The van der Waals surface area contributed by atoms with E-state index in [1.165, 1.54) is 11.3 Å². The fourth-order valence-corrected chi connectivity index (χ4v) is 2.79. The number of para-hydroxylation sites is 1. The van der Waals surface area contributed by atoms with E-state index < -0.39 is 0 Å². The first-order valence-electron chi connectivity index (χ1n) is 6.08. The summed E-state index contributed by atoms with van der Waals surface area (Å²) in [6.07, 6.45) is 4.22. The Balaban J connectivity index is 2.12. The summed E-state index contributed by atoms with van der Waals surface area (Å²) in [5.74, 6) is 0. The predicted molar refractivity (Wildman–Crippen MR) is 75.7 cm³/mol. The molecule has 3 rings (SSSR count). The van der Waals surface area contributed by atoms with Crippen molar-refractivity contribution in [2.45, 2.75) is 19.4 Å². The van der Waals surface area contributed by atoms with Gasteiger partial charge in [0.25, 0.3) is 0 Å².